The third-order valence-corrected chi connectivity index (χ3v) is 11.9. The molecule has 1 unspecified atom stereocenters. The standard InChI is InChI=1S/C38H43F3N8O3/c1-36(2)14-31(36)35(51)48-22-37(23-48)21-47(34(50)27-15-42-49(17-27)16-24-6-8-29(39)9-7-24)18-28(37)20-52-19-26-4-3-5-30(32(26)33-43-45-46-44-33)25-10-12-38(40,41)13-11-25/h3-9,15,17,25,28,31H,10-14,16,18-23H2,1-2H3,(H,43,44,45,46)/t28?,31-/m1/s1. The highest BCUT2D eigenvalue weighted by atomic mass is 19.3. The number of halogens is 3. The molecule has 2 aromatic heterocycles. The fourth-order valence-corrected chi connectivity index (χ4v) is 8.56. The minimum Gasteiger partial charge on any atom is -0.376 e. The molecule has 2 amide bonds. The number of aromatic nitrogens is 6. The van der Waals surface area contributed by atoms with E-state index < -0.39 is 5.92 Å². The average Bonchev–Trinajstić information content (AvgIpc) is 3.60. The molecular formula is C38H43F3N8O3. The van der Waals surface area contributed by atoms with E-state index in [0.717, 1.165) is 28.7 Å². The number of carbonyl (C=O) groups is 2. The quantitative estimate of drug-likeness (QED) is 0.223. The van der Waals surface area contributed by atoms with Gasteiger partial charge in [0, 0.05) is 68.0 Å². The Hall–Kier alpha value is -4.59. The maximum atomic E-state index is 14.0. The Balaban J connectivity index is 0.982. The van der Waals surface area contributed by atoms with Crippen molar-refractivity contribution >= 4 is 11.8 Å². The highest BCUT2D eigenvalue weighted by molar-refractivity contribution is 5.94. The van der Waals surface area contributed by atoms with Gasteiger partial charge in [0.25, 0.3) is 5.91 Å². The molecule has 2 saturated heterocycles. The number of hydrogen-bond donors (Lipinski definition) is 1. The Morgan fingerprint density at radius 1 is 1.02 bits per heavy atom. The molecule has 2 atom stereocenters. The summed E-state index contributed by atoms with van der Waals surface area (Å²) in [5, 5.41) is 19.2. The summed E-state index contributed by atoms with van der Waals surface area (Å²) < 4.78 is 49.6. The molecule has 4 aromatic rings. The minimum absolute atomic E-state index is 0.0253. The zero-order valence-corrected chi connectivity index (χ0v) is 29.4. The lowest BCUT2D eigenvalue weighted by molar-refractivity contribution is -0.148. The third kappa shape index (κ3) is 6.72. The summed E-state index contributed by atoms with van der Waals surface area (Å²) in [4.78, 5) is 31.0. The van der Waals surface area contributed by atoms with Gasteiger partial charge in [-0.3, -0.25) is 14.3 Å². The van der Waals surface area contributed by atoms with Gasteiger partial charge in [-0.25, -0.2) is 13.2 Å². The van der Waals surface area contributed by atoms with Gasteiger partial charge in [0.05, 0.1) is 31.5 Å². The average molecular weight is 717 g/mol. The monoisotopic (exact) mass is 716 g/mol. The van der Waals surface area contributed by atoms with Crippen LogP contribution in [0.15, 0.2) is 54.9 Å². The van der Waals surface area contributed by atoms with Gasteiger partial charge in [-0.05, 0) is 64.6 Å². The van der Waals surface area contributed by atoms with Gasteiger partial charge in [0.15, 0.2) is 0 Å². The second-order valence-electron chi connectivity index (χ2n) is 16.0. The van der Waals surface area contributed by atoms with Crippen molar-refractivity contribution in [3.63, 3.8) is 0 Å². The van der Waals surface area contributed by atoms with E-state index in [4.69, 9.17) is 4.74 Å². The molecule has 4 aliphatic rings. The number of rotatable bonds is 10. The first kappa shape index (κ1) is 34.5. The van der Waals surface area contributed by atoms with E-state index in [1.54, 1.807) is 29.2 Å². The molecule has 2 aliphatic carbocycles. The van der Waals surface area contributed by atoms with Crippen LogP contribution in [-0.2, 0) is 22.7 Å². The first-order valence-electron chi connectivity index (χ1n) is 18.1. The number of H-pyrrole nitrogens is 1. The summed E-state index contributed by atoms with van der Waals surface area (Å²) in [6.45, 7) is 7.33. The number of benzene rings is 2. The molecule has 2 aliphatic heterocycles. The van der Waals surface area contributed by atoms with E-state index in [9.17, 15) is 22.8 Å². The van der Waals surface area contributed by atoms with Gasteiger partial charge in [-0.15, -0.1) is 10.2 Å². The molecule has 14 heteroatoms. The lowest BCUT2D eigenvalue weighted by Crippen LogP contribution is -2.63. The van der Waals surface area contributed by atoms with Gasteiger partial charge in [-0.1, -0.05) is 44.2 Å². The highest BCUT2D eigenvalue weighted by Gasteiger charge is 2.60. The summed E-state index contributed by atoms with van der Waals surface area (Å²) in [6.07, 6.45) is 4.59. The number of aromatic amines is 1. The number of nitrogens with one attached hydrogen (secondary N) is 1. The van der Waals surface area contributed by atoms with E-state index >= 15 is 0 Å². The Morgan fingerprint density at radius 2 is 1.75 bits per heavy atom. The molecule has 8 rings (SSSR count). The molecule has 4 heterocycles. The van der Waals surface area contributed by atoms with Crippen molar-refractivity contribution in [2.45, 2.75) is 70.9 Å². The van der Waals surface area contributed by atoms with Crippen molar-refractivity contribution in [1.29, 1.82) is 0 Å². The first-order valence-corrected chi connectivity index (χ1v) is 18.1. The third-order valence-electron chi connectivity index (χ3n) is 11.9. The van der Waals surface area contributed by atoms with Crippen LogP contribution in [0.1, 0.15) is 78.9 Å². The smallest absolute Gasteiger partial charge is 0.257 e. The van der Waals surface area contributed by atoms with Crippen molar-refractivity contribution in [3.05, 3.63) is 82.9 Å². The van der Waals surface area contributed by atoms with Gasteiger partial charge < -0.3 is 14.5 Å². The number of alkyl halides is 2. The highest BCUT2D eigenvalue weighted by Crippen LogP contribution is 2.55. The zero-order chi connectivity index (χ0) is 36.3. The molecule has 0 radical (unpaired) electrons. The maximum Gasteiger partial charge on any atom is 0.257 e. The van der Waals surface area contributed by atoms with Crippen molar-refractivity contribution < 1.29 is 27.5 Å². The lowest BCUT2D eigenvalue weighted by atomic mass is 9.71. The molecule has 11 nitrogen and oxygen atoms in total. The van der Waals surface area contributed by atoms with Gasteiger partial charge in [-0.2, -0.15) is 10.3 Å². The van der Waals surface area contributed by atoms with Crippen LogP contribution >= 0.6 is 0 Å². The summed E-state index contributed by atoms with van der Waals surface area (Å²) in [5.74, 6) is -2.55. The molecule has 1 spiro atoms. The fraction of sp³-hybridized carbons (Fsp3) is 0.526. The van der Waals surface area contributed by atoms with Crippen LogP contribution in [0.25, 0.3) is 11.4 Å². The number of nitrogens with zero attached hydrogens (tertiary/aromatic N) is 7. The van der Waals surface area contributed by atoms with E-state index in [2.05, 4.69) is 39.6 Å². The van der Waals surface area contributed by atoms with Crippen LogP contribution in [0.2, 0.25) is 0 Å². The Morgan fingerprint density at radius 3 is 2.44 bits per heavy atom. The second-order valence-corrected chi connectivity index (χ2v) is 16.0. The normalized spacial score (nSPS) is 23.2. The molecule has 274 valence electrons. The molecule has 2 saturated carbocycles. The van der Waals surface area contributed by atoms with Crippen LogP contribution in [0, 0.1) is 28.5 Å². The number of likely N-dealkylation sites (tertiary alicyclic amines) is 2. The molecule has 4 fully saturated rings. The van der Waals surface area contributed by atoms with E-state index in [-0.39, 0.29) is 65.7 Å². The summed E-state index contributed by atoms with van der Waals surface area (Å²) in [7, 11) is 0. The number of carbonyl (C=O) groups excluding carboxylic acids is 2. The van der Waals surface area contributed by atoms with E-state index in [0.29, 0.717) is 63.6 Å². The van der Waals surface area contributed by atoms with Gasteiger partial charge in [0.2, 0.25) is 17.7 Å². The van der Waals surface area contributed by atoms with Crippen molar-refractivity contribution in [2.24, 2.45) is 22.7 Å². The van der Waals surface area contributed by atoms with Gasteiger partial charge >= 0.3 is 0 Å². The predicted octanol–water partition coefficient (Wildman–Crippen LogP) is 5.71. The number of tetrazole rings is 1. The molecule has 1 N–H and O–H groups in total. The van der Waals surface area contributed by atoms with Crippen LogP contribution in [0.5, 0.6) is 0 Å². The number of amides is 2. The number of ether oxygens (including phenoxy) is 1. The minimum atomic E-state index is -2.64. The lowest BCUT2D eigenvalue weighted by Gasteiger charge is -2.51. The zero-order valence-electron chi connectivity index (χ0n) is 29.4. The van der Waals surface area contributed by atoms with Crippen LogP contribution in [0.4, 0.5) is 13.2 Å². The van der Waals surface area contributed by atoms with Crippen LogP contribution < -0.4 is 0 Å². The van der Waals surface area contributed by atoms with Crippen LogP contribution in [-0.4, -0.2) is 90.7 Å². The molecule has 2 aromatic carbocycles. The van der Waals surface area contributed by atoms with E-state index in [1.165, 1.54) is 12.1 Å². The summed E-state index contributed by atoms with van der Waals surface area (Å²) in [5.41, 5.74) is 3.57. The Bertz CT molecular complexity index is 1930. The Labute approximate surface area is 299 Å². The molecular weight excluding hydrogens is 673 g/mol. The topological polar surface area (TPSA) is 122 Å². The molecule has 52 heavy (non-hydrogen) atoms. The summed E-state index contributed by atoms with van der Waals surface area (Å²) in [6, 6.07) is 12.0. The van der Waals surface area contributed by atoms with Gasteiger partial charge in [0.1, 0.15) is 5.82 Å². The van der Waals surface area contributed by atoms with Crippen molar-refractivity contribution in [1.82, 2.24) is 40.2 Å². The van der Waals surface area contributed by atoms with Crippen molar-refractivity contribution in [2.75, 3.05) is 32.8 Å². The largest absolute Gasteiger partial charge is 0.376 e. The van der Waals surface area contributed by atoms with Crippen LogP contribution in [0.3, 0.4) is 0 Å². The maximum absolute atomic E-state index is 14.0. The summed E-state index contributed by atoms with van der Waals surface area (Å²) >= 11 is 0. The SMILES string of the molecule is CC1(C)C[C@@H]1C(=O)N1CC2(CN(C(=O)c3cnn(Cc4ccc(F)cc4)c3)CC2COCc2cccc(C3CCC(F)(F)CC3)c2-c2nn[nH]n2)C1. The number of hydrogen-bond acceptors (Lipinski definition) is 7. The fourth-order valence-electron chi connectivity index (χ4n) is 8.56. The molecule has 0 bridgehead atoms. The van der Waals surface area contributed by atoms with E-state index in [1.807, 2.05) is 28.0 Å². The Kier molecular flexibility index (Phi) is 8.70. The second kappa shape index (κ2) is 13.1. The predicted molar refractivity (Wildman–Crippen MR) is 183 cm³/mol. The van der Waals surface area contributed by atoms with Crippen molar-refractivity contribution in [3.8, 4) is 11.4 Å². The first-order chi connectivity index (χ1) is 24.9.